The van der Waals surface area contributed by atoms with Crippen LogP contribution in [0.4, 0.5) is 0 Å². The number of amides is 1. The maximum atomic E-state index is 11.2. The van der Waals surface area contributed by atoms with Crippen molar-refractivity contribution in [1.82, 2.24) is 5.32 Å². The number of hydrogen-bond donors (Lipinski definition) is 2. The van der Waals surface area contributed by atoms with Crippen molar-refractivity contribution in [3.8, 4) is 0 Å². The minimum Gasteiger partial charge on any atom is -0.355 e. The molecule has 0 heterocycles. The van der Waals surface area contributed by atoms with Crippen molar-refractivity contribution >= 4 is 16.7 Å². The van der Waals surface area contributed by atoms with E-state index in [1.54, 1.807) is 6.26 Å². The van der Waals surface area contributed by atoms with Crippen LogP contribution in [0.1, 0.15) is 32.1 Å². The topological polar surface area (TPSA) is 72.2 Å². The first-order valence-electron chi connectivity index (χ1n) is 5.43. The zero-order chi connectivity index (χ0) is 11.5. The van der Waals surface area contributed by atoms with Crippen LogP contribution in [0, 0.1) is 0 Å². The Morgan fingerprint density at radius 3 is 2.53 bits per heavy atom. The molecule has 0 aromatic rings. The van der Waals surface area contributed by atoms with Crippen LogP contribution in [0.5, 0.6) is 0 Å². The molecule has 4 nitrogen and oxygen atoms in total. The van der Waals surface area contributed by atoms with Crippen molar-refractivity contribution in [2.24, 2.45) is 5.73 Å². The quantitative estimate of drug-likeness (QED) is 0.567. The fourth-order valence-corrected chi connectivity index (χ4v) is 1.60. The molecular formula is C10H22N2O2S. The highest BCUT2D eigenvalue weighted by molar-refractivity contribution is 7.84. The molecule has 1 amide bonds. The van der Waals surface area contributed by atoms with Gasteiger partial charge in [0.05, 0.1) is 0 Å². The zero-order valence-corrected chi connectivity index (χ0v) is 10.3. The molecule has 0 aliphatic rings. The van der Waals surface area contributed by atoms with Gasteiger partial charge in [-0.1, -0.05) is 12.8 Å². The van der Waals surface area contributed by atoms with Crippen LogP contribution in [0.3, 0.4) is 0 Å². The molecule has 0 spiro atoms. The second kappa shape index (κ2) is 10.1. The summed E-state index contributed by atoms with van der Waals surface area (Å²) in [5.74, 6) is 0.604. The first-order valence-corrected chi connectivity index (χ1v) is 7.16. The number of nitrogens with one attached hydrogen (secondary N) is 1. The van der Waals surface area contributed by atoms with E-state index in [0.29, 0.717) is 18.7 Å². The molecule has 0 fully saturated rings. The number of carbonyl (C=O) groups is 1. The molecule has 0 bridgehead atoms. The van der Waals surface area contributed by atoms with Gasteiger partial charge in [-0.05, 0) is 19.4 Å². The van der Waals surface area contributed by atoms with E-state index in [2.05, 4.69) is 5.32 Å². The van der Waals surface area contributed by atoms with Gasteiger partial charge in [0.2, 0.25) is 5.91 Å². The lowest BCUT2D eigenvalue weighted by molar-refractivity contribution is -0.121. The standard InChI is InChI=1S/C10H22N2O2S/c1-15(14)9-8-12-10(13)6-4-2-3-5-7-11/h2-9,11H2,1H3,(H,12,13). The molecule has 0 aromatic heterocycles. The molecule has 1 atom stereocenters. The molecule has 1 unspecified atom stereocenters. The van der Waals surface area contributed by atoms with Crippen molar-refractivity contribution in [2.45, 2.75) is 32.1 Å². The summed E-state index contributed by atoms with van der Waals surface area (Å²) in [5.41, 5.74) is 5.36. The van der Waals surface area contributed by atoms with E-state index >= 15 is 0 Å². The molecule has 15 heavy (non-hydrogen) atoms. The third-order valence-electron chi connectivity index (χ3n) is 2.07. The minimum atomic E-state index is -0.821. The molecular weight excluding hydrogens is 212 g/mol. The summed E-state index contributed by atoms with van der Waals surface area (Å²) in [6, 6.07) is 0. The van der Waals surface area contributed by atoms with Crippen LogP contribution in [0.15, 0.2) is 0 Å². The predicted octanol–water partition coefficient (Wildman–Crippen LogP) is 0.390. The van der Waals surface area contributed by atoms with Crippen LogP contribution < -0.4 is 11.1 Å². The van der Waals surface area contributed by atoms with Gasteiger partial charge in [-0.3, -0.25) is 9.00 Å². The lowest BCUT2D eigenvalue weighted by Crippen LogP contribution is -2.27. The van der Waals surface area contributed by atoms with E-state index < -0.39 is 10.8 Å². The highest BCUT2D eigenvalue weighted by atomic mass is 32.2. The molecule has 0 radical (unpaired) electrons. The maximum Gasteiger partial charge on any atom is 0.220 e. The Bertz CT molecular complexity index is 198. The Hall–Kier alpha value is -0.420. The van der Waals surface area contributed by atoms with Gasteiger partial charge < -0.3 is 11.1 Å². The van der Waals surface area contributed by atoms with Crippen molar-refractivity contribution in [3.63, 3.8) is 0 Å². The molecule has 0 saturated heterocycles. The van der Waals surface area contributed by atoms with Crippen LogP contribution in [-0.4, -0.2) is 35.2 Å². The SMILES string of the molecule is CS(=O)CCNC(=O)CCCCCCN. The fraction of sp³-hybridized carbons (Fsp3) is 0.900. The highest BCUT2D eigenvalue weighted by Gasteiger charge is 2.00. The Morgan fingerprint density at radius 1 is 1.27 bits per heavy atom. The van der Waals surface area contributed by atoms with E-state index in [9.17, 15) is 9.00 Å². The smallest absolute Gasteiger partial charge is 0.220 e. The monoisotopic (exact) mass is 234 g/mol. The average Bonchev–Trinajstić information content (AvgIpc) is 2.17. The van der Waals surface area contributed by atoms with Crippen molar-refractivity contribution in [3.05, 3.63) is 0 Å². The van der Waals surface area contributed by atoms with Crippen molar-refractivity contribution in [1.29, 1.82) is 0 Å². The van der Waals surface area contributed by atoms with Crippen LogP contribution in [0.25, 0.3) is 0 Å². The van der Waals surface area contributed by atoms with Crippen LogP contribution in [-0.2, 0) is 15.6 Å². The number of carbonyl (C=O) groups excluding carboxylic acids is 1. The van der Waals surface area contributed by atoms with Gasteiger partial charge in [-0.15, -0.1) is 0 Å². The molecule has 3 N–H and O–H groups in total. The van der Waals surface area contributed by atoms with Gasteiger partial charge in [0.15, 0.2) is 0 Å². The van der Waals surface area contributed by atoms with Gasteiger partial charge in [0.25, 0.3) is 0 Å². The fourth-order valence-electron chi connectivity index (χ4n) is 1.21. The number of hydrogen-bond acceptors (Lipinski definition) is 3. The van der Waals surface area contributed by atoms with Gasteiger partial charge in [-0.25, -0.2) is 0 Å². The first-order chi connectivity index (χ1) is 7.16. The lowest BCUT2D eigenvalue weighted by Gasteiger charge is -2.03. The Labute approximate surface area is 94.4 Å². The lowest BCUT2D eigenvalue weighted by atomic mass is 10.1. The summed E-state index contributed by atoms with van der Waals surface area (Å²) in [4.78, 5) is 11.2. The molecule has 0 aliphatic carbocycles. The minimum absolute atomic E-state index is 0.0631. The van der Waals surface area contributed by atoms with Gasteiger partial charge >= 0.3 is 0 Å². The molecule has 0 aliphatic heterocycles. The Balaban J connectivity index is 3.22. The van der Waals surface area contributed by atoms with Gasteiger partial charge in [0, 0.05) is 35.8 Å². The van der Waals surface area contributed by atoms with Gasteiger partial charge in [0.1, 0.15) is 0 Å². The number of rotatable bonds is 9. The average molecular weight is 234 g/mol. The Morgan fingerprint density at radius 2 is 1.93 bits per heavy atom. The van der Waals surface area contributed by atoms with E-state index in [4.69, 9.17) is 5.73 Å². The summed E-state index contributed by atoms with van der Waals surface area (Å²) >= 11 is 0. The summed E-state index contributed by atoms with van der Waals surface area (Å²) in [5, 5.41) is 2.75. The van der Waals surface area contributed by atoms with Crippen molar-refractivity contribution < 1.29 is 9.00 Å². The maximum absolute atomic E-state index is 11.2. The zero-order valence-electron chi connectivity index (χ0n) is 9.46. The van der Waals surface area contributed by atoms with E-state index in [1.165, 1.54) is 0 Å². The van der Waals surface area contributed by atoms with Crippen molar-refractivity contribution in [2.75, 3.05) is 25.1 Å². The van der Waals surface area contributed by atoms with Gasteiger partial charge in [-0.2, -0.15) is 0 Å². The highest BCUT2D eigenvalue weighted by Crippen LogP contribution is 2.01. The van der Waals surface area contributed by atoms with Crippen LogP contribution in [0.2, 0.25) is 0 Å². The molecule has 0 aromatic carbocycles. The normalized spacial score (nSPS) is 12.4. The molecule has 0 rings (SSSR count). The van der Waals surface area contributed by atoms with Crippen LogP contribution >= 0.6 is 0 Å². The number of unbranched alkanes of at least 4 members (excludes halogenated alkanes) is 3. The second-order valence-corrected chi connectivity index (χ2v) is 5.13. The molecule has 5 heteroatoms. The number of nitrogens with two attached hydrogens (primary N) is 1. The molecule has 0 saturated carbocycles. The third kappa shape index (κ3) is 11.5. The van der Waals surface area contributed by atoms with E-state index in [-0.39, 0.29) is 5.91 Å². The summed E-state index contributed by atoms with van der Waals surface area (Å²) in [6.07, 6.45) is 6.32. The van der Waals surface area contributed by atoms with E-state index in [0.717, 1.165) is 32.2 Å². The first kappa shape index (κ1) is 14.6. The summed E-state index contributed by atoms with van der Waals surface area (Å²) < 4.78 is 10.7. The Kier molecular flexibility index (Phi) is 9.83. The predicted molar refractivity (Wildman–Crippen MR) is 64.1 cm³/mol. The largest absolute Gasteiger partial charge is 0.355 e. The molecule has 90 valence electrons. The summed E-state index contributed by atoms with van der Waals surface area (Å²) in [7, 11) is -0.821. The van der Waals surface area contributed by atoms with E-state index in [1.807, 2.05) is 0 Å². The third-order valence-corrected chi connectivity index (χ3v) is 2.85. The second-order valence-electron chi connectivity index (χ2n) is 3.58. The summed E-state index contributed by atoms with van der Waals surface area (Å²) in [6.45, 7) is 1.25.